The van der Waals surface area contributed by atoms with Crippen LogP contribution in [0.15, 0.2) is 0 Å². The SMILES string of the molecule is CC(C)C(CCCl)NS(=O)(=O)N(C)C. The van der Waals surface area contributed by atoms with Gasteiger partial charge in [0.15, 0.2) is 0 Å². The van der Waals surface area contributed by atoms with E-state index in [2.05, 4.69) is 4.72 Å². The maximum Gasteiger partial charge on any atom is 0.279 e. The molecule has 1 N–H and O–H groups in total. The highest BCUT2D eigenvalue weighted by atomic mass is 35.5. The summed E-state index contributed by atoms with van der Waals surface area (Å²) < 4.78 is 26.8. The van der Waals surface area contributed by atoms with Gasteiger partial charge >= 0.3 is 0 Å². The lowest BCUT2D eigenvalue weighted by atomic mass is 10.0. The van der Waals surface area contributed by atoms with Gasteiger partial charge in [0.2, 0.25) is 0 Å². The van der Waals surface area contributed by atoms with Crippen LogP contribution < -0.4 is 4.72 Å². The summed E-state index contributed by atoms with van der Waals surface area (Å²) in [6.07, 6.45) is 0.645. The molecular formula is C8H19ClN2O2S. The van der Waals surface area contributed by atoms with E-state index in [0.717, 1.165) is 4.31 Å². The zero-order chi connectivity index (χ0) is 11.4. The molecule has 0 aliphatic heterocycles. The second kappa shape index (κ2) is 5.90. The van der Waals surface area contributed by atoms with Crippen LogP contribution >= 0.6 is 11.6 Å². The van der Waals surface area contributed by atoms with E-state index in [9.17, 15) is 8.42 Å². The number of rotatable bonds is 6. The Morgan fingerprint density at radius 1 is 1.36 bits per heavy atom. The monoisotopic (exact) mass is 242 g/mol. The third-order valence-corrected chi connectivity index (χ3v) is 3.79. The molecule has 0 saturated heterocycles. The summed E-state index contributed by atoms with van der Waals surface area (Å²) in [7, 11) is -0.339. The topological polar surface area (TPSA) is 49.4 Å². The van der Waals surface area contributed by atoms with E-state index in [1.54, 1.807) is 0 Å². The quantitative estimate of drug-likeness (QED) is 0.708. The molecule has 0 amide bonds. The van der Waals surface area contributed by atoms with Gasteiger partial charge in [-0.05, 0) is 12.3 Å². The number of nitrogens with one attached hydrogen (secondary N) is 1. The zero-order valence-electron chi connectivity index (χ0n) is 9.12. The fourth-order valence-electron chi connectivity index (χ4n) is 0.943. The lowest BCUT2D eigenvalue weighted by Gasteiger charge is -2.23. The summed E-state index contributed by atoms with van der Waals surface area (Å²) in [5.41, 5.74) is 0. The van der Waals surface area contributed by atoms with Crippen molar-refractivity contribution < 1.29 is 8.42 Å². The molecule has 0 saturated carbocycles. The average molecular weight is 243 g/mol. The molecule has 1 atom stereocenters. The Kier molecular flexibility index (Phi) is 5.97. The van der Waals surface area contributed by atoms with Crippen molar-refractivity contribution in [3.63, 3.8) is 0 Å². The largest absolute Gasteiger partial charge is 0.279 e. The number of nitrogens with zero attached hydrogens (tertiary/aromatic N) is 1. The second-order valence-corrected chi connectivity index (χ2v) is 6.03. The lowest BCUT2D eigenvalue weighted by molar-refractivity contribution is 0.419. The van der Waals surface area contributed by atoms with E-state index in [-0.39, 0.29) is 12.0 Å². The summed E-state index contributed by atoms with van der Waals surface area (Å²) in [4.78, 5) is 0. The Morgan fingerprint density at radius 3 is 2.14 bits per heavy atom. The van der Waals surface area contributed by atoms with Crippen LogP contribution in [0.3, 0.4) is 0 Å². The third-order valence-electron chi connectivity index (χ3n) is 2.01. The van der Waals surface area contributed by atoms with Crippen LogP contribution in [0.5, 0.6) is 0 Å². The summed E-state index contributed by atoms with van der Waals surface area (Å²) in [5, 5.41) is 0. The highest BCUT2D eigenvalue weighted by Gasteiger charge is 2.21. The predicted octanol–water partition coefficient (Wildman–Crippen LogP) is 1.04. The first-order chi connectivity index (χ1) is 6.31. The summed E-state index contributed by atoms with van der Waals surface area (Å²) >= 11 is 5.60. The van der Waals surface area contributed by atoms with Crippen molar-refractivity contribution >= 4 is 21.8 Å². The van der Waals surface area contributed by atoms with Gasteiger partial charge in [-0.1, -0.05) is 13.8 Å². The maximum atomic E-state index is 11.5. The molecule has 0 aromatic carbocycles. The van der Waals surface area contributed by atoms with E-state index in [4.69, 9.17) is 11.6 Å². The van der Waals surface area contributed by atoms with Crippen molar-refractivity contribution in [3.05, 3.63) is 0 Å². The molecule has 0 heterocycles. The summed E-state index contributed by atoms with van der Waals surface area (Å²) in [5.74, 6) is 0.696. The van der Waals surface area contributed by atoms with Gasteiger partial charge in [-0.2, -0.15) is 17.4 Å². The molecule has 0 fully saturated rings. The first-order valence-corrected chi connectivity index (χ1v) is 6.54. The minimum absolute atomic E-state index is 0.0973. The Morgan fingerprint density at radius 2 is 1.86 bits per heavy atom. The summed E-state index contributed by atoms with van der Waals surface area (Å²) in [6, 6.07) is -0.0973. The molecule has 1 unspecified atom stereocenters. The van der Waals surface area contributed by atoms with E-state index in [1.165, 1.54) is 14.1 Å². The highest BCUT2D eigenvalue weighted by Crippen LogP contribution is 2.09. The zero-order valence-corrected chi connectivity index (χ0v) is 10.7. The molecule has 14 heavy (non-hydrogen) atoms. The molecular weight excluding hydrogens is 224 g/mol. The number of hydrogen-bond donors (Lipinski definition) is 1. The maximum absolute atomic E-state index is 11.5. The molecule has 0 aromatic rings. The van der Waals surface area contributed by atoms with Crippen molar-refractivity contribution in [3.8, 4) is 0 Å². The van der Waals surface area contributed by atoms with Crippen molar-refractivity contribution in [2.45, 2.75) is 26.3 Å². The molecule has 0 radical (unpaired) electrons. The van der Waals surface area contributed by atoms with E-state index in [1.807, 2.05) is 13.8 Å². The van der Waals surface area contributed by atoms with Crippen molar-refractivity contribution in [2.75, 3.05) is 20.0 Å². The van der Waals surface area contributed by atoms with Crippen LogP contribution in [0.25, 0.3) is 0 Å². The highest BCUT2D eigenvalue weighted by molar-refractivity contribution is 7.87. The first-order valence-electron chi connectivity index (χ1n) is 4.57. The van der Waals surface area contributed by atoms with E-state index >= 15 is 0 Å². The van der Waals surface area contributed by atoms with E-state index < -0.39 is 10.2 Å². The van der Waals surface area contributed by atoms with Crippen LogP contribution in [0.2, 0.25) is 0 Å². The number of alkyl halides is 1. The van der Waals surface area contributed by atoms with Gasteiger partial charge in [-0.25, -0.2) is 0 Å². The Bertz CT molecular complexity index is 252. The molecule has 0 aromatic heterocycles. The third kappa shape index (κ3) is 4.59. The molecule has 0 spiro atoms. The second-order valence-electron chi connectivity index (χ2n) is 3.73. The Balaban J connectivity index is 4.45. The normalized spacial score (nSPS) is 15.1. The van der Waals surface area contributed by atoms with Crippen LogP contribution in [0, 0.1) is 5.92 Å². The molecule has 0 bridgehead atoms. The Hall–Kier alpha value is 0.160. The van der Waals surface area contributed by atoms with Crippen LogP contribution in [-0.4, -0.2) is 38.7 Å². The average Bonchev–Trinajstić information content (AvgIpc) is 2.02. The van der Waals surface area contributed by atoms with Crippen molar-refractivity contribution in [1.82, 2.24) is 9.03 Å². The van der Waals surface area contributed by atoms with Gasteiger partial charge in [0.05, 0.1) is 0 Å². The van der Waals surface area contributed by atoms with Crippen LogP contribution in [0.4, 0.5) is 0 Å². The first kappa shape index (κ1) is 14.2. The van der Waals surface area contributed by atoms with Gasteiger partial charge in [-0.3, -0.25) is 0 Å². The van der Waals surface area contributed by atoms with Crippen LogP contribution in [0.1, 0.15) is 20.3 Å². The summed E-state index contributed by atoms with van der Waals surface area (Å²) in [6.45, 7) is 3.94. The molecule has 6 heteroatoms. The van der Waals surface area contributed by atoms with Gasteiger partial charge in [0, 0.05) is 26.0 Å². The minimum Gasteiger partial charge on any atom is -0.199 e. The molecule has 0 rings (SSSR count). The fourth-order valence-corrected chi connectivity index (χ4v) is 2.16. The molecule has 86 valence electrons. The van der Waals surface area contributed by atoms with E-state index in [0.29, 0.717) is 12.3 Å². The standard InChI is InChI=1S/C8H19ClN2O2S/c1-7(2)8(5-6-9)10-14(12,13)11(3)4/h7-8,10H,5-6H2,1-4H3. The van der Waals surface area contributed by atoms with Gasteiger partial charge < -0.3 is 0 Å². The molecule has 4 nitrogen and oxygen atoms in total. The fraction of sp³-hybridized carbons (Fsp3) is 1.00. The predicted molar refractivity (Wildman–Crippen MR) is 59.7 cm³/mol. The minimum atomic E-state index is -3.34. The van der Waals surface area contributed by atoms with Crippen molar-refractivity contribution in [2.24, 2.45) is 5.92 Å². The van der Waals surface area contributed by atoms with Gasteiger partial charge in [0.25, 0.3) is 10.2 Å². The van der Waals surface area contributed by atoms with Gasteiger partial charge in [-0.15, -0.1) is 11.6 Å². The number of halogens is 1. The lowest BCUT2D eigenvalue weighted by Crippen LogP contribution is -2.44. The number of hydrogen-bond acceptors (Lipinski definition) is 2. The smallest absolute Gasteiger partial charge is 0.199 e. The van der Waals surface area contributed by atoms with Gasteiger partial charge in [0.1, 0.15) is 0 Å². The molecule has 0 aliphatic rings. The Labute approximate surface area is 91.8 Å². The van der Waals surface area contributed by atoms with Crippen LogP contribution in [-0.2, 0) is 10.2 Å². The van der Waals surface area contributed by atoms with Crippen molar-refractivity contribution in [1.29, 1.82) is 0 Å². The molecule has 0 aliphatic carbocycles.